The van der Waals surface area contributed by atoms with Crippen LogP contribution in [0.25, 0.3) is 0 Å². The lowest BCUT2D eigenvalue weighted by atomic mass is 10.1. The molecular formula is C12H18O4S. The molecule has 1 rings (SSSR count). The molecule has 1 aromatic rings. The van der Waals surface area contributed by atoms with Crippen LogP contribution in [0.5, 0.6) is 0 Å². The third kappa shape index (κ3) is 5.30. The van der Waals surface area contributed by atoms with Gasteiger partial charge in [0.2, 0.25) is 0 Å². The first-order valence-corrected chi connectivity index (χ1v) is 7.07. The van der Waals surface area contributed by atoms with Gasteiger partial charge < -0.3 is 5.11 Å². The highest BCUT2D eigenvalue weighted by Gasteiger charge is 2.17. The van der Waals surface area contributed by atoms with Crippen molar-refractivity contribution in [2.45, 2.75) is 25.7 Å². The van der Waals surface area contributed by atoms with Crippen molar-refractivity contribution in [1.82, 2.24) is 0 Å². The van der Waals surface area contributed by atoms with Gasteiger partial charge in [0.25, 0.3) is 10.1 Å². The van der Waals surface area contributed by atoms with Gasteiger partial charge in [-0.1, -0.05) is 44.2 Å². The van der Waals surface area contributed by atoms with Crippen LogP contribution in [0.3, 0.4) is 0 Å². The van der Waals surface area contributed by atoms with Crippen LogP contribution >= 0.6 is 0 Å². The van der Waals surface area contributed by atoms with Crippen LogP contribution in [0.4, 0.5) is 0 Å². The first-order valence-electron chi connectivity index (χ1n) is 5.50. The molecule has 96 valence electrons. The van der Waals surface area contributed by atoms with Crippen LogP contribution in [0.2, 0.25) is 0 Å². The van der Waals surface area contributed by atoms with E-state index in [1.165, 1.54) is 0 Å². The van der Waals surface area contributed by atoms with E-state index in [4.69, 9.17) is 4.18 Å². The average molecular weight is 258 g/mol. The molecule has 1 N–H and O–H groups in total. The second kappa shape index (κ2) is 6.14. The second-order valence-corrected chi connectivity index (χ2v) is 5.92. The van der Waals surface area contributed by atoms with E-state index in [1.807, 2.05) is 6.07 Å². The predicted octanol–water partition coefficient (Wildman–Crippen LogP) is 1.55. The summed E-state index contributed by atoms with van der Waals surface area (Å²) in [6, 6.07) is 8.81. The van der Waals surface area contributed by atoms with E-state index in [1.54, 1.807) is 38.1 Å². The summed E-state index contributed by atoms with van der Waals surface area (Å²) in [6.45, 7) is 3.42. The highest BCUT2D eigenvalue weighted by molar-refractivity contribution is 7.85. The molecule has 0 saturated heterocycles. The van der Waals surface area contributed by atoms with Gasteiger partial charge in [-0.3, -0.25) is 4.18 Å². The molecule has 0 saturated carbocycles. The number of rotatable bonds is 6. The summed E-state index contributed by atoms with van der Waals surface area (Å²) in [6.07, 6.45) is -0.763. The fraction of sp³-hybridized carbons (Fsp3) is 0.500. The summed E-state index contributed by atoms with van der Waals surface area (Å²) >= 11 is 0. The van der Waals surface area contributed by atoms with Crippen LogP contribution < -0.4 is 0 Å². The predicted molar refractivity (Wildman–Crippen MR) is 65.9 cm³/mol. The van der Waals surface area contributed by atoms with Crippen molar-refractivity contribution < 1.29 is 17.7 Å². The Labute approximate surface area is 102 Å². The van der Waals surface area contributed by atoms with Crippen molar-refractivity contribution in [2.75, 3.05) is 6.61 Å². The van der Waals surface area contributed by atoms with Gasteiger partial charge >= 0.3 is 0 Å². The van der Waals surface area contributed by atoms with E-state index in [2.05, 4.69) is 0 Å². The monoisotopic (exact) mass is 258 g/mol. The largest absolute Gasteiger partial charge is 0.390 e. The summed E-state index contributed by atoms with van der Waals surface area (Å²) in [5.41, 5.74) is 0.673. The Morgan fingerprint density at radius 2 is 1.82 bits per heavy atom. The Bertz CT molecular complexity index is 425. The quantitative estimate of drug-likeness (QED) is 0.786. The van der Waals surface area contributed by atoms with Gasteiger partial charge in [-0.2, -0.15) is 8.42 Å². The average Bonchev–Trinajstić information content (AvgIpc) is 2.26. The van der Waals surface area contributed by atoms with E-state index in [0.29, 0.717) is 5.56 Å². The molecule has 0 aliphatic rings. The summed E-state index contributed by atoms with van der Waals surface area (Å²) in [5, 5.41) is 9.47. The molecule has 0 bridgehead atoms. The Balaban J connectivity index is 2.53. The minimum atomic E-state index is -3.62. The maximum atomic E-state index is 11.6. The number of aliphatic hydroxyl groups is 1. The molecule has 0 spiro atoms. The maximum absolute atomic E-state index is 11.6. The van der Waals surface area contributed by atoms with Gasteiger partial charge in [-0.15, -0.1) is 0 Å². The molecular weight excluding hydrogens is 240 g/mol. The number of hydrogen-bond acceptors (Lipinski definition) is 4. The first kappa shape index (κ1) is 14.2. The fourth-order valence-electron chi connectivity index (χ4n) is 1.19. The van der Waals surface area contributed by atoms with Crippen molar-refractivity contribution in [2.24, 2.45) is 5.92 Å². The van der Waals surface area contributed by atoms with Crippen LogP contribution in [-0.2, 0) is 20.1 Å². The summed E-state index contributed by atoms with van der Waals surface area (Å²) in [4.78, 5) is 0. The molecule has 1 atom stereocenters. The molecule has 0 amide bonds. The number of hydrogen-bond donors (Lipinski definition) is 1. The molecule has 0 heterocycles. The molecule has 1 aromatic carbocycles. The van der Waals surface area contributed by atoms with Crippen molar-refractivity contribution >= 4 is 10.1 Å². The van der Waals surface area contributed by atoms with E-state index in [9.17, 15) is 13.5 Å². The van der Waals surface area contributed by atoms with Gasteiger partial charge in [0.1, 0.15) is 5.75 Å². The van der Waals surface area contributed by atoms with Crippen LogP contribution in [0.15, 0.2) is 30.3 Å². The number of benzene rings is 1. The molecule has 17 heavy (non-hydrogen) atoms. The lowest BCUT2D eigenvalue weighted by molar-refractivity contribution is 0.0726. The van der Waals surface area contributed by atoms with Crippen LogP contribution in [0, 0.1) is 5.92 Å². The third-order valence-corrected chi connectivity index (χ3v) is 3.56. The normalized spacial score (nSPS) is 13.9. The maximum Gasteiger partial charge on any atom is 0.271 e. The van der Waals surface area contributed by atoms with Crippen molar-refractivity contribution in [3.63, 3.8) is 0 Å². The molecule has 1 unspecified atom stereocenters. The Kier molecular flexibility index (Phi) is 5.11. The van der Waals surface area contributed by atoms with Gasteiger partial charge in [0.05, 0.1) is 12.7 Å². The SMILES string of the molecule is CC(C)C(O)COS(=O)(=O)Cc1ccccc1. The first-order chi connectivity index (χ1) is 7.91. The van der Waals surface area contributed by atoms with Gasteiger partial charge in [0.15, 0.2) is 0 Å². The fourth-order valence-corrected chi connectivity index (χ4v) is 2.22. The zero-order chi connectivity index (χ0) is 12.9. The molecule has 0 fully saturated rings. The smallest absolute Gasteiger partial charge is 0.271 e. The molecule has 0 aromatic heterocycles. The Morgan fingerprint density at radius 1 is 1.24 bits per heavy atom. The van der Waals surface area contributed by atoms with Crippen molar-refractivity contribution in [1.29, 1.82) is 0 Å². The summed E-state index contributed by atoms with van der Waals surface area (Å²) in [7, 11) is -3.62. The van der Waals surface area contributed by atoms with Crippen LogP contribution in [0.1, 0.15) is 19.4 Å². The van der Waals surface area contributed by atoms with Gasteiger partial charge in [-0.05, 0) is 11.5 Å². The van der Waals surface area contributed by atoms with E-state index in [-0.39, 0.29) is 18.3 Å². The molecule has 0 aliphatic heterocycles. The van der Waals surface area contributed by atoms with Crippen molar-refractivity contribution in [3.8, 4) is 0 Å². The third-order valence-electron chi connectivity index (χ3n) is 2.37. The minimum Gasteiger partial charge on any atom is -0.390 e. The highest BCUT2D eigenvalue weighted by atomic mass is 32.2. The van der Waals surface area contributed by atoms with Crippen molar-refractivity contribution in [3.05, 3.63) is 35.9 Å². The second-order valence-electron chi connectivity index (χ2n) is 4.28. The zero-order valence-electron chi connectivity index (χ0n) is 10.0. The van der Waals surface area contributed by atoms with Gasteiger partial charge in [0, 0.05) is 0 Å². The molecule has 5 heteroatoms. The standard InChI is InChI=1S/C12H18O4S/c1-10(2)12(13)8-16-17(14,15)9-11-6-4-3-5-7-11/h3-7,10,12-13H,8-9H2,1-2H3. The molecule has 0 radical (unpaired) electrons. The van der Waals surface area contributed by atoms with E-state index in [0.717, 1.165) is 0 Å². The topological polar surface area (TPSA) is 63.6 Å². The Morgan fingerprint density at radius 3 is 2.35 bits per heavy atom. The lowest BCUT2D eigenvalue weighted by Gasteiger charge is -2.14. The summed E-state index contributed by atoms with van der Waals surface area (Å²) < 4.78 is 28.0. The van der Waals surface area contributed by atoms with E-state index < -0.39 is 16.2 Å². The highest BCUT2D eigenvalue weighted by Crippen LogP contribution is 2.09. The molecule has 0 aliphatic carbocycles. The summed E-state index contributed by atoms with van der Waals surface area (Å²) in [5.74, 6) is -0.194. The lowest BCUT2D eigenvalue weighted by Crippen LogP contribution is -2.24. The molecule has 4 nitrogen and oxygen atoms in total. The van der Waals surface area contributed by atoms with E-state index >= 15 is 0 Å². The minimum absolute atomic E-state index is 0.0260. The van der Waals surface area contributed by atoms with Gasteiger partial charge in [-0.25, -0.2) is 0 Å². The van der Waals surface area contributed by atoms with Crippen LogP contribution in [-0.4, -0.2) is 26.2 Å². The Hall–Kier alpha value is -0.910. The zero-order valence-corrected chi connectivity index (χ0v) is 10.9. The number of aliphatic hydroxyl groups excluding tert-OH is 1.